The molecule has 0 saturated carbocycles. The van der Waals surface area contributed by atoms with Gasteiger partial charge in [0.2, 0.25) is 5.88 Å². The molecule has 1 aliphatic rings. The van der Waals surface area contributed by atoms with Crippen LogP contribution in [0.25, 0.3) is 11.4 Å². The van der Waals surface area contributed by atoms with Crippen LogP contribution in [0.4, 0.5) is 0 Å². The van der Waals surface area contributed by atoms with E-state index in [2.05, 4.69) is 9.97 Å². The van der Waals surface area contributed by atoms with E-state index in [1.165, 1.54) is 6.07 Å². The Hall–Kier alpha value is -2.17. The average Bonchev–Trinajstić information content (AvgIpc) is 2.89. The SMILES string of the molecule is Oc1ccc(Cl)cc1-c1nc2c([nH]1)Cc1cc(Cl)ccc1O2. The molecule has 0 radical (unpaired) electrons. The normalized spacial score (nSPS) is 12.5. The molecule has 0 fully saturated rings. The van der Waals surface area contributed by atoms with Crippen LogP contribution >= 0.6 is 23.2 Å². The van der Waals surface area contributed by atoms with E-state index >= 15 is 0 Å². The lowest BCUT2D eigenvalue weighted by Gasteiger charge is -2.15. The Morgan fingerprint density at radius 3 is 2.73 bits per heavy atom. The highest BCUT2D eigenvalue weighted by Crippen LogP contribution is 2.39. The molecule has 4 rings (SSSR count). The number of phenolic OH excluding ortho intramolecular Hbond substituents is 1. The second-order valence-electron chi connectivity index (χ2n) is 5.06. The van der Waals surface area contributed by atoms with Crippen LogP contribution in [0.5, 0.6) is 17.4 Å². The van der Waals surface area contributed by atoms with Gasteiger partial charge in [-0.3, -0.25) is 0 Å². The fraction of sp³-hybridized carbons (Fsp3) is 0.0625. The van der Waals surface area contributed by atoms with Gasteiger partial charge in [-0.1, -0.05) is 23.2 Å². The minimum absolute atomic E-state index is 0.107. The molecule has 2 aromatic carbocycles. The van der Waals surface area contributed by atoms with Gasteiger partial charge in [0, 0.05) is 22.0 Å². The van der Waals surface area contributed by atoms with Gasteiger partial charge >= 0.3 is 0 Å². The topological polar surface area (TPSA) is 58.1 Å². The van der Waals surface area contributed by atoms with Crippen LogP contribution in [0.1, 0.15) is 11.3 Å². The molecule has 6 heteroatoms. The van der Waals surface area contributed by atoms with Crippen molar-refractivity contribution >= 4 is 23.2 Å². The highest BCUT2D eigenvalue weighted by atomic mass is 35.5. The van der Waals surface area contributed by atoms with Crippen molar-refractivity contribution in [1.29, 1.82) is 0 Å². The minimum Gasteiger partial charge on any atom is -0.507 e. The summed E-state index contributed by atoms with van der Waals surface area (Å²) >= 11 is 12.0. The number of hydrogen-bond acceptors (Lipinski definition) is 3. The summed E-state index contributed by atoms with van der Waals surface area (Å²) < 4.78 is 5.79. The fourth-order valence-corrected chi connectivity index (χ4v) is 2.87. The third kappa shape index (κ3) is 2.21. The fourth-order valence-electron chi connectivity index (χ4n) is 2.50. The number of halogens is 2. The molecule has 110 valence electrons. The summed E-state index contributed by atoms with van der Waals surface area (Å²) in [6, 6.07) is 10.3. The molecule has 2 N–H and O–H groups in total. The first-order valence-corrected chi connectivity index (χ1v) is 7.40. The van der Waals surface area contributed by atoms with Crippen LogP contribution in [0.15, 0.2) is 36.4 Å². The standard InChI is InChI=1S/C16H10Cl2N2O2/c17-9-2-4-14-8(5-9)6-12-16(22-14)20-15(19-12)11-7-10(18)1-3-13(11)21/h1-5,7,21H,6H2,(H,19,20). The van der Waals surface area contributed by atoms with E-state index in [0.717, 1.165) is 17.0 Å². The number of aromatic nitrogens is 2. The van der Waals surface area contributed by atoms with Gasteiger partial charge in [0.1, 0.15) is 17.3 Å². The molecule has 0 spiro atoms. The van der Waals surface area contributed by atoms with Crippen molar-refractivity contribution < 1.29 is 9.84 Å². The van der Waals surface area contributed by atoms with E-state index < -0.39 is 0 Å². The summed E-state index contributed by atoms with van der Waals surface area (Å²) in [5.41, 5.74) is 2.36. The average molecular weight is 333 g/mol. The number of benzene rings is 2. The van der Waals surface area contributed by atoms with Crippen LogP contribution in [0.2, 0.25) is 10.0 Å². The van der Waals surface area contributed by atoms with Crippen molar-refractivity contribution in [2.24, 2.45) is 0 Å². The Morgan fingerprint density at radius 1 is 1.09 bits per heavy atom. The largest absolute Gasteiger partial charge is 0.507 e. The third-order valence-corrected chi connectivity index (χ3v) is 4.02. The quantitative estimate of drug-likeness (QED) is 0.527. The lowest BCUT2D eigenvalue weighted by Crippen LogP contribution is -2.02. The monoisotopic (exact) mass is 332 g/mol. The van der Waals surface area contributed by atoms with Crippen molar-refractivity contribution in [2.45, 2.75) is 6.42 Å². The smallest absolute Gasteiger partial charge is 0.241 e. The molecule has 0 amide bonds. The maximum atomic E-state index is 9.98. The summed E-state index contributed by atoms with van der Waals surface area (Å²) in [7, 11) is 0. The molecule has 0 saturated heterocycles. The van der Waals surface area contributed by atoms with Crippen molar-refractivity contribution in [3.63, 3.8) is 0 Å². The second kappa shape index (κ2) is 4.93. The number of rotatable bonds is 1. The third-order valence-electron chi connectivity index (χ3n) is 3.55. The second-order valence-corrected chi connectivity index (χ2v) is 5.93. The first kappa shape index (κ1) is 13.5. The summed E-state index contributed by atoms with van der Waals surface area (Å²) in [6.45, 7) is 0. The first-order valence-electron chi connectivity index (χ1n) is 6.64. The van der Waals surface area contributed by atoms with Gasteiger partial charge in [0.15, 0.2) is 0 Å². The summed E-state index contributed by atoms with van der Waals surface area (Å²) in [5.74, 6) is 1.87. The van der Waals surface area contributed by atoms with Gasteiger partial charge in [0.05, 0.1) is 11.3 Å². The van der Waals surface area contributed by atoms with Gasteiger partial charge in [0.25, 0.3) is 0 Å². The van der Waals surface area contributed by atoms with Gasteiger partial charge in [-0.15, -0.1) is 0 Å². The van der Waals surface area contributed by atoms with Crippen LogP contribution in [0, 0.1) is 0 Å². The van der Waals surface area contributed by atoms with Crippen LogP contribution in [-0.2, 0) is 6.42 Å². The zero-order chi connectivity index (χ0) is 15.3. The molecule has 1 aromatic heterocycles. The Kier molecular flexibility index (Phi) is 3.03. The Morgan fingerprint density at radius 2 is 1.86 bits per heavy atom. The number of imidazole rings is 1. The highest BCUT2D eigenvalue weighted by molar-refractivity contribution is 6.31. The summed E-state index contributed by atoms with van der Waals surface area (Å²) in [4.78, 5) is 7.60. The molecule has 0 atom stereocenters. The lowest BCUT2D eigenvalue weighted by molar-refractivity contribution is 0.443. The van der Waals surface area contributed by atoms with Crippen molar-refractivity contribution in [2.75, 3.05) is 0 Å². The number of hydrogen-bond donors (Lipinski definition) is 2. The van der Waals surface area contributed by atoms with E-state index in [0.29, 0.717) is 33.7 Å². The molecule has 4 nitrogen and oxygen atoms in total. The molecule has 1 aliphatic heterocycles. The predicted molar refractivity (Wildman–Crippen MR) is 85.0 cm³/mol. The molecular formula is C16H10Cl2N2O2. The van der Waals surface area contributed by atoms with E-state index in [1.54, 1.807) is 18.2 Å². The van der Waals surface area contributed by atoms with Crippen LogP contribution in [0.3, 0.4) is 0 Å². The predicted octanol–water partition coefficient (Wildman–Crippen LogP) is 4.79. The van der Waals surface area contributed by atoms with Crippen molar-refractivity contribution in [3.05, 3.63) is 57.7 Å². The molecular weight excluding hydrogens is 323 g/mol. The number of nitrogens with zero attached hydrogens (tertiary/aromatic N) is 1. The van der Waals surface area contributed by atoms with Crippen molar-refractivity contribution in [3.8, 4) is 28.8 Å². The van der Waals surface area contributed by atoms with Gasteiger partial charge in [-0.2, -0.15) is 4.98 Å². The summed E-state index contributed by atoms with van der Waals surface area (Å²) in [5, 5.41) is 11.2. The van der Waals surface area contributed by atoms with E-state index in [1.807, 2.05) is 12.1 Å². The zero-order valence-corrected chi connectivity index (χ0v) is 12.7. The Labute approximate surface area is 136 Å². The van der Waals surface area contributed by atoms with Crippen LogP contribution < -0.4 is 4.74 Å². The molecule has 22 heavy (non-hydrogen) atoms. The van der Waals surface area contributed by atoms with E-state index in [9.17, 15) is 5.11 Å². The maximum Gasteiger partial charge on any atom is 0.241 e. The number of aromatic amines is 1. The molecule has 2 heterocycles. The van der Waals surface area contributed by atoms with Crippen molar-refractivity contribution in [1.82, 2.24) is 9.97 Å². The number of nitrogens with one attached hydrogen (secondary N) is 1. The Bertz CT molecular complexity index is 890. The minimum atomic E-state index is 0.107. The number of aromatic hydroxyl groups is 1. The molecule has 3 aromatic rings. The van der Waals surface area contributed by atoms with E-state index in [4.69, 9.17) is 27.9 Å². The van der Waals surface area contributed by atoms with Gasteiger partial charge in [-0.05, 0) is 36.4 Å². The number of H-pyrrole nitrogens is 1. The maximum absolute atomic E-state index is 9.98. The molecule has 0 unspecified atom stereocenters. The highest BCUT2D eigenvalue weighted by Gasteiger charge is 2.22. The molecule has 0 aliphatic carbocycles. The van der Waals surface area contributed by atoms with Crippen LogP contribution in [-0.4, -0.2) is 15.1 Å². The van der Waals surface area contributed by atoms with E-state index in [-0.39, 0.29) is 5.75 Å². The summed E-state index contributed by atoms with van der Waals surface area (Å²) in [6.07, 6.45) is 0.638. The number of phenols is 1. The molecule has 0 bridgehead atoms. The zero-order valence-electron chi connectivity index (χ0n) is 11.2. The van der Waals surface area contributed by atoms with Gasteiger partial charge in [-0.25, -0.2) is 0 Å². The lowest BCUT2D eigenvalue weighted by atomic mass is 10.1. The van der Waals surface area contributed by atoms with Gasteiger partial charge < -0.3 is 14.8 Å². The first-order chi connectivity index (χ1) is 10.6. The number of ether oxygens (including phenoxy) is 1. The number of fused-ring (bicyclic) bond motifs is 2. The Balaban J connectivity index is 1.78.